The number of carbonyl (C=O) groups excluding carboxylic acids is 6. The van der Waals surface area contributed by atoms with E-state index < -0.39 is 14.8 Å². The monoisotopic (exact) mass is 893 g/mol. The molecule has 4 rings (SSSR count). The maximum absolute atomic E-state index is 11.2. The summed E-state index contributed by atoms with van der Waals surface area (Å²) in [5, 5.41) is 32.3. The second-order valence-electron chi connectivity index (χ2n) is 11.0. The molecule has 0 radical (unpaired) electrons. The van der Waals surface area contributed by atoms with E-state index in [9.17, 15) is 59.1 Å². The number of Topliss-reactive ketones (excluding diaryl/α,β-unsaturated/α-hetero) is 6. The number of nitro groups is 3. The third-order valence-corrected chi connectivity index (χ3v) is 10.4. The van der Waals surface area contributed by atoms with Gasteiger partial charge in [-0.25, -0.2) is 0 Å². The minimum Gasteiger partial charge on any atom is -0.333 e. The summed E-state index contributed by atoms with van der Waals surface area (Å²) in [4.78, 5) is 98.8. The number of thioether (sulfide) groups is 3. The first-order valence-corrected chi connectivity index (χ1v) is 18.6. The van der Waals surface area contributed by atoms with E-state index in [2.05, 4.69) is 0 Å². The molecule has 0 bridgehead atoms. The van der Waals surface area contributed by atoms with E-state index in [1.54, 1.807) is 18.2 Å². The normalized spacial score (nSPS) is 9.41. The molecule has 0 aromatic heterocycles. The van der Waals surface area contributed by atoms with Crippen LogP contribution in [0.4, 0.5) is 17.1 Å². The number of hydrogen-bond donors (Lipinski definition) is 0. The summed E-state index contributed by atoms with van der Waals surface area (Å²) in [7, 11) is 0. The van der Waals surface area contributed by atoms with Gasteiger partial charge in [-0.2, -0.15) is 15.7 Å². The fourth-order valence-electron chi connectivity index (χ4n) is 3.97. The minimum absolute atomic E-state index is 0. The Balaban J connectivity index is 0.000000775. The third kappa shape index (κ3) is 18.5. The van der Waals surface area contributed by atoms with Crippen LogP contribution in [-0.2, 0) is 45.5 Å². The van der Waals surface area contributed by atoms with Crippen molar-refractivity contribution in [2.45, 2.75) is 56.2 Å². The average molecular weight is 894 g/mol. The van der Waals surface area contributed by atoms with E-state index in [0.29, 0.717) is 0 Å². The summed E-state index contributed by atoms with van der Waals surface area (Å²) < 4.78 is 0. The summed E-state index contributed by atoms with van der Waals surface area (Å²) in [6.07, 6.45) is 0. The van der Waals surface area contributed by atoms with Gasteiger partial charge in [-0.05, 0) is 59.7 Å². The summed E-state index contributed by atoms with van der Waals surface area (Å²) in [5.41, 5.74) is -0.340. The summed E-state index contributed by atoms with van der Waals surface area (Å²) in [5.74, 6) is -2.33. The number of rotatable bonds is 15. The molecular weight excluding hydrogens is 858 g/mol. The quantitative estimate of drug-likeness (QED) is 0.0356. The van der Waals surface area contributed by atoms with Gasteiger partial charge in [0, 0.05) is 52.9 Å². The standard InChI is InChI=1S/3C11H10NO4S.C6H6.Co/c3*1-7(13)11(8(2)14)17-10-6-4-3-5-9(10)12(15)16;1-2-4-6-5-3-1;/h3*3-6H,1-2H3;1-6H;/q3*-1;;+3. The van der Waals surface area contributed by atoms with Gasteiger partial charge in [0.1, 0.15) is 0 Å². The molecule has 0 saturated carbocycles. The smallest absolute Gasteiger partial charge is 0.333 e. The fourth-order valence-corrected chi connectivity index (χ4v) is 6.68. The Bertz CT molecular complexity index is 1810. The first-order valence-electron chi connectivity index (χ1n) is 16.2. The first-order chi connectivity index (χ1) is 26.8. The summed E-state index contributed by atoms with van der Waals surface area (Å²) in [6.45, 7) is 7.57. The largest absolute Gasteiger partial charge is 3.00 e. The van der Waals surface area contributed by atoms with Crippen molar-refractivity contribution in [2.24, 2.45) is 0 Å². The first kappa shape index (κ1) is 52.3. The van der Waals surface area contributed by atoms with Crippen LogP contribution in [0.3, 0.4) is 0 Å². The van der Waals surface area contributed by atoms with E-state index in [4.69, 9.17) is 0 Å². The van der Waals surface area contributed by atoms with Crippen LogP contribution >= 0.6 is 35.3 Å². The van der Waals surface area contributed by atoms with Crippen molar-refractivity contribution < 1.29 is 60.3 Å². The molecule has 0 N–H and O–H groups in total. The molecule has 0 saturated heterocycles. The molecule has 19 heteroatoms. The molecule has 0 aliphatic heterocycles. The molecule has 0 atom stereocenters. The molecule has 58 heavy (non-hydrogen) atoms. The maximum Gasteiger partial charge on any atom is 3.00 e. The van der Waals surface area contributed by atoms with Crippen LogP contribution in [0.25, 0.3) is 0 Å². The second kappa shape index (κ2) is 27.0. The van der Waals surface area contributed by atoms with Crippen molar-refractivity contribution in [3.8, 4) is 0 Å². The Labute approximate surface area is 357 Å². The maximum atomic E-state index is 11.2. The average Bonchev–Trinajstić information content (AvgIpc) is 3.16. The fraction of sp³-hybridized carbons (Fsp3) is 0.154. The number of benzene rings is 4. The molecular formula is C39H36CoN3O12S3. The van der Waals surface area contributed by atoms with Gasteiger partial charge < -0.3 is 28.8 Å². The van der Waals surface area contributed by atoms with Crippen molar-refractivity contribution in [2.75, 3.05) is 0 Å². The summed E-state index contributed by atoms with van der Waals surface area (Å²) >= 11 is 2.51. The molecule has 0 spiro atoms. The van der Waals surface area contributed by atoms with Gasteiger partial charge in [-0.3, -0.25) is 65.6 Å². The molecule has 0 amide bonds. The van der Waals surface area contributed by atoms with Crippen LogP contribution in [0, 0.1) is 46.1 Å². The molecule has 0 aliphatic carbocycles. The van der Waals surface area contributed by atoms with E-state index in [1.165, 1.54) is 96.1 Å². The van der Waals surface area contributed by atoms with Gasteiger partial charge in [-0.15, -0.1) is 0 Å². The van der Waals surface area contributed by atoms with Crippen molar-refractivity contribution in [3.63, 3.8) is 0 Å². The van der Waals surface area contributed by atoms with Gasteiger partial charge >= 0.3 is 16.8 Å². The van der Waals surface area contributed by atoms with Crippen LogP contribution in [-0.4, -0.2) is 49.5 Å². The minimum atomic E-state index is -0.541. The number of nitro benzene ring substituents is 3. The third-order valence-electron chi connectivity index (χ3n) is 6.41. The predicted octanol–water partition coefficient (Wildman–Crippen LogP) is 8.87. The molecule has 0 fully saturated rings. The zero-order chi connectivity index (χ0) is 43.2. The van der Waals surface area contributed by atoms with Crippen LogP contribution in [0.1, 0.15) is 41.5 Å². The van der Waals surface area contributed by atoms with Crippen LogP contribution < -0.4 is 0 Å². The number of hydrogen-bond acceptors (Lipinski definition) is 15. The van der Waals surface area contributed by atoms with Crippen molar-refractivity contribution >= 4 is 87.0 Å². The van der Waals surface area contributed by atoms with Crippen LogP contribution in [0.15, 0.2) is 124 Å². The van der Waals surface area contributed by atoms with Gasteiger partial charge in [0.2, 0.25) is 0 Å². The van der Waals surface area contributed by atoms with E-state index in [-0.39, 0.29) is 99.0 Å². The Morgan fingerprint density at radius 2 is 0.552 bits per heavy atom. The number of nitrogens with zero attached hydrogens (tertiary/aromatic N) is 3. The molecule has 0 unspecified atom stereocenters. The van der Waals surface area contributed by atoms with Gasteiger partial charge in [0.25, 0.3) is 17.1 Å². The molecule has 4 aromatic carbocycles. The van der Waals surface area contributed by atoms with Crippen LogP contribution in [0.5, 0.6) is 0 Å². The van der Waals surface area contributed by atoms with E-state index in [1.807, 2.05) is 36.4 Å². The van der Waals surface area contributed by atoms with Crippen LogP contribution in [0.2, 0.25) is 0 Å². The van der Waals surface area contributed by atoms with E-state index in [0.717, 1.165) is 35.3 Å². The van der Waals surface area contributed by atoms with Gasteiger partial charge in [0.15, 0.2) is 0 Å². The molecule has 0 heterocycles. The molecule has 15 nitrogen and oxygen atoms in total. The topological polar surface area (TPSA) is 232 Å². The Kier molecular flexibility index (Phi) is 24.3. The van der Waals surface area contributed by atoms with Gasteiger partial charge in [0.05, 0.1) is 29.5 Å². The Hall–Kier alpha value is -5.73. The second-order valence-corrected chi connectivity index (χ2v) is 14.1. The van der Waals surface area contributed by atoms with Crippen molar-refractivity contribution in [1.82, 2.24) is 0 Å². The van der Waals surface area contributed by atoms with Gasteiger partial charge in [-0.1, -0.05) is 72.8 Å². The SMILES string of the molecule is CC(=O)[C-](Sc1ccccc1[N+](=O)[O-])C(C)=O.CC(=O)[C-](Sc1ccccc1[N+](=O)[O-])C(C)=O.CC(=O)[C-](Sc1ccccc1[N+](=O)[O-])C(C)=O.[Co+3].c1ccccc1. The van der Waals surface area contributed by atoms with E-state index >= 15 is 0 Å². The molecule has 306 valence electrons. The zero-order valence-corrected chi connectivity index (χ0v) is 35.2. The number of ketones is 6. The molecule has 0 aliphatic rings. The Morgan fingerprint density at radius 3 is 0.707 bits per heavy atom. The molecule has 4 aromatic rings. The van der Waals surface area contributed by atoms with Crippen molar-refractivity contribution in [1.29, 1.82) is 0 Å². The number of para-hydroxylation sites is 3. The Morgan fingerprint density at radius 1 is 0.379 bits per heavy atom. The van der Waals surface area contributed by atoms with Crippen molar-refractivity contribution in [3.05, 3.63) is 155 Å². The predicted molar refractivity (Wildman–Crippen MR) is 217 cm³/mol. The zero-order valence-electron chi connectivity index (χ0n) is 31.7. The number of carbonyl (C=O) groups is 6. The summed E-state index contributed by atoms with van der Waals surface area (Å²) in [6, 6.07) is 30.0.